The number of aromatic nitrogens is 2. The fourth-order valence-electron chi connectivity index (χ4n) is 1.66. The molecule has 1 aromatic heterocycles. The second-order valence-electron chi connectivity index (χ2n) is 4.05. The Bertz CT molecular complexity index is 528. The van der Waals surface area contributed by atoms with Crippen molar-refractivity contribution in [2.24, 2.45) is 0 Å². The van der Waals surface area contributed by atoms with Gasteiger partial charge in [-0.15, -0.1) is 0 Å². The summed E-state index contributed by atoms with van der Waals surface area (Å²) in [6, 6.07) is 8.48. The van der Waals surface area contributed by atoms with Crippen LogP contribution in [-0.2, 0) is 13.0 Å². The Hall–Kier alpha value is -2.34. The van der Waals surface area contributed by atoms with E-state index in [2.05, 4.69) is 15.3 Å². The lowest BCUT2D eigenvalue weighted by Crippen LogP contribution is -2.17. The van der Waals surface area contributed by atoms with Crippen LogP contribution in [0.5, 0.6) is 0 Å². The Morgan fingerprint density at radius 1 is 1.21 bits per heavy atom. The van der Waals surface area contributed by atoms with Gasteiger partial charge in [-0.25, -0.2) is 9.97 Å². The van der Waals surface area contributed by atoms with E-state index in [9.17, 15) is 10.1 Å². The molecule has 2 rings (SSSR count). The number of hydrogen-bond acceptors (Lipinski definition) is 5. The van der Waals surface area contributed by atoms with Crippen LogP contribution in [0.4, 0.5) is 5.69 Å². The molecule has 2 aromatic rings. The quantitative estimate of drug-likeness (QED) is 0.484. The van der Waals surface area contributed by atoms with E-state index >= 15 is 0 Å². The van der Waals surface area contributed by atoms with Gasteiger partial charge in [-0.1, -0.05) is 12.1 Å². The topological polar surface area (TPSA) is 81.0 Å². The summed E-state index contributed by atoms with van der Waals surface area (Å²) in [5.74, 6) is 0. The zero-order valence-corrected chi connectivity index (χ0v) is 10.3. The minimum absolute atomic E-state index is 0.123. The summed E-state index contributed by atoms with van der Waals surface area (Å²) < 4.78 is 0. The van der Waals surface area contributed by atoms with Gasteiger partial charge < -0.3 is 5.32 Å². The van der Waals surface area contributed by atoms with Gasteiger partial charge in [-0.3, -0.25) is 10.1 Å². The minimum atomic E-state index is -0.392. The predicted molar refractivity (Wildman–Crippen MR) is 70.5 cm³/mol. The molecule has 0 aliphatic carbocycles. The molecule has 0 aliphatic rings. The van der Waals surface area contributed by atoms with Crippen LogP contribution in [0.15, 0.2) is 42.9 Å². The summed E-state index contributed by atoms with van der Waals surface area (Å²) in [6.07, 6.45) is 4.05. The van der Waals surface area contributed by atoms with E-state index in [1.165, 1.54) is 18.5 Å². The first-order chi connectivity index (χ1) is 9.25. The summed E-state index contributed by atoms with van der Waals surface area (Å²) in [5.41, 5.74) is 2.14. The molecule has 0 spiro atoms. The van der Waals surface area contributed by atoms with Crippen molar-refractivity contribution in [3.8, 4) is 0 Å². The Kier molecular flexibility index (Phi) is 4.52. The third-order valence-corrected chi connectivity index (χ3v) is 2.69. The molecule has 98 valence electrons. The van der Waals surface area contributed by atoms with E-state index in [4.69, 9.17) is 0 Å². The largest absolute Gasteiger partial charge is 0.311 e. The first-order valence-electron chi connectivity index (χ1n) is 5.94. The molecule has 1 N–H and O–H groups in total. The summed E-state index contributed by atoms with van der Waals surface area (Å²) in [4.78, 5) is 18.1. The maximum Gasteiger partial charge on any atom is 0.269 e. The number of benzene rings is 1. The number of non-ortho nitro benzene ring substituents is 1. The SMILES string of the molecule is O=[N+]([O-])c1ccc(CCNCc2ccncn2)cc1. The standard InChI is InChI=1S/C13H14N4O2/c18-17(19)13-3-1-11(2-4-13)5-7-14-9-12-6-8-15-10-16-12/h1-4,6,8,10,14H,5,7,9H2. The van der Waals surface area contributed by atoms with Crippen LogP contribution < -0.4 is 5.32 Å². The molecule has 0 bridgehead atoms. The van der Waals surface area contributed by atoms with Crippen molar-refractivity contribution in [2.45, 2.75) is 13.0 Å². The predicted octanol–water partition coefficient (Wildman–Crippen LogP) is 1.72. The molecule has 0 atom stereocenters. The molecule has 6 heteroatoms. The lowest BCUT2D eigenvalue weighted by atomic mass is 10.1. The molecule has 1 aromatic carbocycles. The van der Waals surface area contributed by atoms with Crippen LogP contribution in [0.3, 0.4) is 0 Å². The van der Waals surface area contributed by atoms with Gasteiger partial charge in [0.1, 0.15) is 6.33 Å². The highest BCUT2D eigenvalue weighted by Crippen LogP contribution is 2.11. The number of hydrogen-bond donors (Lipinski definition) is 1. The molecule has 0 saturated heterocycles. The fraction of sp³-hybridized carbons (Fsp3) is 0.231. The molecule has 0 saturated carbocycles. The average Bonchev–Trinajstić information content (AvgIpc) is 2.45. The fourth-order valence-corrected chi connectivity index (χ4v) is 1.66. The monoisotopic (exact) mass is 258 g/mol. The smallest absolute Gasteiger partial charge is 0.269 e. The highest BCUT2D eigenvalue weighted by Gasteiger charge is 2.03. The van der Waals surface area contributed by atoms with Gasteiger partial charge >= 0.3 is 0 Å². The van der Waals surface area contributed by atoms with Gasteiger partial charge in [0.05, 0.1) is 10.6 Å². The van der Waals surface area contributed by atoms with E-state index in [1.807, 2.05) is 6.07 Å². The van der Waals surface area contributed by atoms with Crippen LogP contribution in [0.2, 0.25) is 0 Å². The molecular weight excluding hydrogens is 244 g/mol. The number of nitro groups is 1. The lowest BCUT2D eigenvalue weighted by Gasteiger charge is -2.04. The number of nitro benzene ring substituents is 1. The number of nitrogens with one attached hydrogen (secondary N) is 1. The molecule has 0 fully saturated rings. The Morgan fingerprint density at radius 3 is 2.63 bits per heavy atom. The molecule has 0 amide bonds. The van der Waals surface area contributed by atoms with Crippen LogP contribution in [0, 0.1) is 10.1 Å². The van der Waals surface area contributed by atoms with Crippen molar-refractivity contribution in [1.82, 2.24) is 15.3 Å². The summed E-state index contributed by atoms with van der Waals surface area (Å²) in [7, 11) is 0. The van der Waals surface area contributed by atoms with Crippen LogP contribution >= 0.6 is 0 Å². The van der Waals surface area contributed by atoms with E-state index in [-0.39, 0.29) is 5.69 Å². The van der Waals surface area contributed by atoms with Crippen LogP contribution in [-0.4, -0.2) is 21.4 Å². The van der Waals surface area contributed by atoms with E-state index in [0.29, 0.717) is 6.54 Å². The van der Waals surface area contributed by atoms with E-state index in [1.54, 1.807) is 18.3 Å². The van der Waals surface area contributed by atoms with Crippen molar-refractivity contribution in [3.05, 3.63) is 64.2 Å². The summed E-state index contributed by atoms with van der Waals surface area (Å²) in [5, 5.41) is 13.8. The maximum atomic E-state index is 10.5. The molecule has 6 nitrogen and oxygen atoms in total. The summed E-state index contributed by atoms with van der Waals surface area (Å²) >= 11 is 0. The first kappa shape index (κ1) is 13.1. The number of rotatable bonds is 6. The second kappa shape index (κ2) is 6.55. The van der Waals surface area contributed by atoms with Crippen LogP contribution in [0.25, 0.3) is 0 Å². The van der Waals surface area contributed by atoms with Gasteiger partial charge in [-0.05, 0) is 24.6 Å². The third kappa shape index (κ3) is 4.11. The Balaban J connectivity index is 1.75. The zero-order valence-electron chi connectivity index (χ0n) is 10.3. The van der Waals surface area contributed by atoms with E-state index in [0.717, 1.165) is 24.2 Å². The van der Waals surface area contributed by atoms with Gasteiger partial charge in [-0.2, -0.15) is 0 Å². The maximum absolute atomic E-state index is 10.5. The molecule has 0 unspecified atom stereocenters. The highest BCUT2D eigenvalue weighted by molar-refractivity contribution is 5.32. The van der Waals surface area contributed by atoms with Gasteiger partial charge in [0, 0.05) is 24.9 Å². The molecular formula is C13H14N4O2. The van der Waals surface area contributed by atoms with Gasteiger partial charge in [0.25, 0.3) is 5.69 Å². The van der Waals surface area contributed by atoms with Gasteiger partial charge in [0.2, 0.25) is 0 Å². The lowest BCUT2D eigenvalue weighted by molar-refractivity contribution is -0.384. The van der Waals surface area contributed by atoms with Gasteiger partial charge in [0.15, 0.2) is 0 Å². The van der Waals surface area contributed by atoms with Crippen molar-refractivity contribution < 1.29 is 4.92 Å². The summed E-state index contributed by atoms with van der Waals surface area (Å²) in [6.45, 7) is 1.48. The zero-order chi connectivity index (χ0) is 13.5. The molecule has 0 aliphatic heterocycles. The van der Waals surface area contributed by atoms with Crippen molar-refractivity contribution in [2.75, 3.05) is 6.54 Å². The third-order valence-electron chi connectivity index (χ3n) is 2.69. The molecule has 0 radical (unpaired) electrons. The van der Waals surface area contributed by atoms with Crippen molar-refractivity contribution >= 4 is 5.69 Å². The molecule has 1 heterocycles. The van der Waals surface area contributed by atoms with Crippen molar-refractivity contribution in [1.29, 1.82) is 0 Å². The second-order valence-corrected chi connectivity index (χ2v) is 4.05. The average molecular weight is 258 g/mol. The Labute approximate surface area is 110 Å². The number of nitrogens with zero attached hydrogens (tertiary/aromatic N) is 3. The normalized spacial score (nSPS) is 10.3. The van der Waals surface area contributed by atoms with E-state index < -0.39 is 4.92 Å². The first-order valence-corrected chi connectivity index (χ1v) is 5.94. The highest BCUT2D eigenvalue weighted by atomic mass is 16.6. The molecule has 19 heavy (non-hydrogen) atoms. The van der Waals surface area contributed by atoms with Crippen LogP contribution in [0.1, 0.15) is 11.3 Å². The minimum Gasteiger partial charge on any atom is -0.311 e. The Morgan fingerprint density at radius 2 is 2.00 bits per heavy atom. The van der Waals surface area contributed by atoms with Crippen molar-refractivity contribution in [3.63, 3.8) is 0 Å².